The summed E-state index contributed by atoms with van der Waals surface area (Å²) >= 11 is 1.40. The first-order valence-electron chi connectivity index (χ1n) is 7.17. The van der Waals surface area contributed by atoms with Crippen LogP contribution in [0.2, 0.25) is 0 Å². The molecule has 0 amide bonds. The van der Waals surface area contributed by atoms with Gasteiger partial charge in [-0.15, -0.1) is 11.3 Å². The predicted octanol–water partition coefficient (Wildman–Crippen LogP) is 2.88. The van der Waals surface area contributed by atoms with Gasteiger partial charge in [-0.3, -0.25) is 0 Å². The highest BCUT2D eigenvalue weighted by atomic mass is 32.1. The topological polar surface area (TPSA) is 105 Å². The number of benzene rings is 1. The van der Waals surface area contributed by atoms with E-state index in [1.807, 2.05) is 30.3 Å². The number of H-pyrrole nitrogens is 1. The number of esters is 1. The molecule has 8 nitrogen and oxygen atoms in total. The zero-order valence-electron chi connectivity index (χ0n) is 12.8. The summed E-state index contributed by atoms with van der Waals surface area (Å²) in [4.78, 5) is 17.4. The van der Waals surface area contributed by atoms with Gasteiger partial charge in [0, 0.05) is 4.88 Å². The number of ether oxygens (including phenoxy) is 1. The quantitative estimate of drug-likeness (QED) is 0.405. The molecule has 0 fully saturated rings. The standard InChI is InChI=1S/C15H14N6O2S/c1-2-23-14(22)11-8-12(10-6-4-3-5-7-10)24-13(11)16-9-17-15-18-20-21-19-15/h3-9H,2H2,1H3,(H2,16,17,18,19,20,21). The zero-order valence-corrected chi connectivity index (χ0v) is 13.6. The Hall–Kier alpha value is -3.07. The molecule has 0 aliphatic rings. The summed E-state index contributed by atoms with van der Waals surface area (Å²) in [5.41, 5.74) is 1.44. The molecule has 0 aliphatic carbocycles. The van der Waals surface area contributed by atoms with E-state index in [4.69, 9.17) is 4.74 Å². The van der Waals surface area contributed by atoms with Crippen LogP contribution < -0.4 is 5.32 Å². The summed E-state index contributed by atoms with van der Waals surface area (Å²) < 4.78 is 5.10. The van der Waals surface area contributed by atoms with Crippen LogP contribution in [0.4, 0.5) is 10.9 Å². The molecule has 2 N–H and O–H groups in total. The molecule has 0 atom stereocenters. The molecule has 0 saturated heterocycles. The van der Waals surface area contributed by atoms with Crippen LogP contribution in [-0.2, 0) is 4.74 Å². The van der Waals surface area contributed by atoms with Crippen LogP contribution in [0.25, 0.3) is 10.4 Å². The van der Waals surface area contributed by atoms with Gasteiger partial charge in [-0.1, -0.05) is 35.4 Å². The third-order valence-corrected chi connectivity index (χ3v) is 4.09. The van der Waals surface area contributed by atoms with Crippen molar-refractivity contribution in [2.45, 2.75) is 6.92 Å². The lowest BCUT2D eigenvalue weighted by Crippen LogP contribution is -2.03. The monoisotopic (exact) mass is 342 g/mol. The van der Waals surface area contributed by atoms with Crippen LogP contribution in [0.15, 0.2) is 41.4 Å². The predicted molar refractivity (Wildman–Crippen MR) is 91.7 cm³/mol. The van der Waals surface area contributed by atoms with Crippen LogP contribution in [0, 0.1) is 0 Å². The van der Waals surface area contributed by atoms with E-state index in [1.165, 1.54) is 17.7 Å². The smallest absolute Gasteiger partial charge is 0.341 e. The number of aromatic nitrogens is 4. The number of anilines is 1. The number of tetrazole rings is 1. The number of rotatable bonds is 6. The maximum Gasteiger partial charge on any atom is 0.341 e. The number of hydrogen-bond donors (Lipinski definition) is 2. The molecule has 3 aromatic rings. The fourth-order valence-electron chi connectivity index (χ4n) is 1.95. The Morgan fingerprint density at radius 1 is 1.42 bits per heavy atom. The number of thiophene rings is 1. The maximum atomic E-state index is 12.2. The minimum atomic E-state index is -0.399. The van der Waals surface area contributed by atoms with Crippen molar-refractivity contribution in [3.05, 3.63) is 42.0 Å². The third kappa shape index (κ3) is 3.63. The van der Waals surface area contributed by atoms with Crippen LogP contribution in [0.1, 0.15) is 17.3 Å². The number of hydrogen-bond acceptors (Lipinski definition) is 7. The number of nitrogens with one attached hydrogen (secondary N) is 2. The maximum absolute atomic E-state index is 12.2. The Balaban J connectivity index is 1.89. The SMILES string of the molecule is CCOC(=O)c1cc(-c2ccccc2)sc1/N=C/Nc1nnn[nH]1. The second-order valence-electron chi connectivity index (χ2n) is 4.57. The molecule has 0 aliphatic heterocycles. The van der Waals surface area contributed by atoms with Gasteiger partial charge in [0.1, 0.15) is 5.00 Å². The molecule has 0 saturated carbocycles. The molecule has 0 radical (unpaired) electrons. The minimum Gasteiger partial charge on any atom is -0.462 e. The Labute approximate surface area is 141 Å². The highest BCUT2D eigenvalue weighted by Crippen LogP contribution is 2.37. The normalized spacial score (nSPS) is 10.9. The van der Waals surface area contributed by atoms with Gasteiger partial charge in [0.25, 0.3) is 0 Å². The summed E-state index contributed by atoms with van der Waals surface area (Å²) in [6, 6.07) is 11.6. The first-order valence-corrected chi connectivity index (χ1v) is 7.98. The van der Waals surface area contributed by atoms with Crippen molar-refractivity contribution in [2.24, 2.45) is 4.99 Å². The van der Waals surface area contributed by atoms with E-state index in [0.29, 0.717) is 23.1 Å². The molecule has 0 bridgehead atoms. The number of aliphatic imine (C=N–C) groups is 1. The highest BCUT2D eigenvalue weighted by molar-refractivity contribution is 7.19. The second-order valence-corrected chi connectivity index (χ2v) is 5.60. The first kappa shape index (κ1) is 15.8. The average molecular weight is 342 g/mol. The molecule has 122 valence electrons. The Morgan fingerprint density at radius 3 is 2.96 bits per heavy atom. The van der Waals surface area contributed by atoms with Gasteiger partial charge in [0.2, 0.25) is 5.95 Å². The molecule has 24 heavy (non-hydrogen) atoms. The lowest BCUT2D eigenvalue weighted by Gasteiger charge is -1.99. The molecular weight excluding hydrogens is 328 g/mol. The molecule has 1 aromatic carbocycles. The first-order chi connectivity index (χ1) is 11.8. The van der Waals surface area contributed by atoms with Gasteiger partial charge >= 0.3 is 5.97 Å². The summed E-state index contributed by atoms with van der Waals surface area (Å²) in [6.45, 7) is 2.07. The largest absolute Gasteiger partial charge is 0.462 e. The Bertz CT molecular complexity index is 829. The van der Waals surface area contributed by atoms with Crippen LogP contribution in [0.3, 0.4) is 0 Å². The number of aromatic amines is 1. The number of carbonyl (C=O) groups excluding carboxylic acids is 1. The molecule has 0 spiro atoms. The van der Waals surface area contributed by atoms with Crippen molar-refractivity contribution < 1.29 is 9.53 Å². The van der Waals surface area contributed by atoms with Crippen molar-refractivity contribution in [2.75, 3.05) is 11.9 Å². The summed E-state index contributed by atoms with van der Waals surface area (Å²) in [5, 5.41) is 16.5. The van der Waals surface area contributed by atoms with Crippen LogP contribution in [0.5, 0.6) is 0 Å². The summed E-state index contributed by atoms with van der Waals surface area (Å²) in [7, 11) is 0. The molecule has 9 heteroatoms. The fourth-order valence-corrected chi connectivity index (χ4v) is 2.95. The number of nitrogens with zero attached hydrogens (tertiary/aromatic N) is 4. The van der Waals surface area contributed by atoms with Gasteiger partial charge < -0.3 is 10.1 Å². The van der Waals surface area contributed by atoms with Gasteiger partial charge in [-0.2, -0.15) is 0 Å². The van der Waals surface area contributed by atoms with Gasteiger partial charge in [0.15, 0.2) is 0 Å². The van der Waals surface area contributed by atoms with Crippen molar-refractivity contribution in [3.63, 3.8) is 0 Å². The van der Waals surface area contributed by atoms with Gasteiger partial charge in [-0.05, 0) is 29.0 Å². The van der Waals surface area contributed by atoms with Crippen molar-refractivity contribution in [1.29, 1.82) is 0 Å². The Morgan fingerprint density at radius 2 is 2.25 bits per heavy atom. The molecule has 0 unspecified atom stereocenters. The van der Waals surface area contributed by atoms with E-state index in [9.17, 15) is 4.79 Å². The van der Waals surface area contributed by atoms with Crippen molar-refractivity contribution in [3.8, 4) is 10.4 Å². The zero-order chi connectivity index (χ0) is 16.8. The lowest BCUT2D eigenvalue weighted by molar-refractivity contribution is 0.0528. The average Bonchev–Trinajstić information content (AvgIpc) is 3.26. The third-order valence-electron chi connectivity index (χ3n) is 2.99. The second kappa shape index (κ2) is 7.47. The number of carbonyl (C=O) groups is 1. The van der Waals surface area contributed by atoms with E-state index in [2.05, 4.69) is 30.9 Å². The van der Waals surface area contributed by atoms with E-state index < -0.39 is 5.97 Å². The summed E-state index contributed by atoms with van der Waals surface area (Å²) in [6.07, 6.45) is 1.42. The van der Waals surface area contributed by atoms with E-state index >= 15 is 0 Å². The molecule has 3 rings (SSSR count). The van der Waals surface area contributed by atoms with Crippen LogP contribution in [-0.4, -0.2) is 39.5 Å². The van der Waals surface area contributed by atoms with E-state index in [-0.39, 0.29) is 0 Å². The summed E-state index contributed by atoms with van der Waals surface area (Å²) in [5.74, 6) is -0.0410. The lowest BCUT2D eigenvalue weighted by atomic mass is 10.1. The fraction of sp³-hybridized carbons (Fsp3) is 0.133. The van der Waals surface area contributed by atoms with Crippen molar-refractivity contribution in [1.82, 2.24) is 20.6 Å². The molecule has 2 aromatic heterocycles. The molecular formula is C15H14N6O2S. The Kier molecular flexibility index (Phi) is 4.92. The minimum absolute atomic E-state index is 0.306. The van der Waals surface area contributed by atoms with E-state index in [0.717, 1.165) is 10.4 Å². The van der Waals surface area contributed by atoms with Crippen molar-refractivity contribution >= 4 is 34.6 Å². The van der Waals surface area contributed by atoms with Gasteiger partial charge in [0.05, 0.1) is 18.5 Å². The van der Waals surface area contributed by atoms with E-state index in [1.54, 1.807) is 13.0 Å². The highest BCUT2D eigenvalue weighted by Gasteiger charge is 2.17. The van der Waals surface area contributed by atoms with Gasteiger partial charge in [-0.25, -0.2) is 14.9 Å². The van der Waals surface area contributed by atoms with Crippen LogP contribution >= 0.6 is 11.3 Å². The molecule has 2 heterocycles.